The van der Waals surface area contributed by atoms with Crippen LogP contribution in [0, 0.1) is 13.8 Å². The number of hydrogen-bond acceptors (Lipinski definition) is 5. The van der Waals surface area contributed by atoms with Gasteiger partial charge in [0.25, 0.3) is 18.1 Å². The molecule has 0 saturated carbocycles. The molecule has 1 saturated heterocycles. The third-order valence-electron chi connectivity index (χ3n) is 5.43. The van der Waals surface area contributed by atoms with Crippen LogP contribution in [0.1, 0.15) is 58.3 Å². The van der Waals surface area contributed by atoms with Crippen LogP contribution in [0.2, 0.25) is 0 Å². The summed E-state index contributed by atoms with van der Waals surface area (Å²) in [5.41, 5.74) is 2.48. The van der Waals surface area contributed by atoms with Crippen molar-refractivity contribution in [2.45, 2.75) is 45.1 Å². The van der Waals surface area contributed by atoms with E-state index in [-0.39, 0.29) is 29.3 Å². The SMILES string of the molecule is Cc1cc(C(=O)N2CCCC(c3cc(C(F)F)nc4ncnn34)[C@H]2CI)cc(C)n1. The lowest BCUT2D eigenvalue weighted by atomic mass is 9.86. The lowest BCUT2D eigenvalue weighted by molar-refractivity contribution is 0.0606. The van der Waals surface area contributed by atoms with Gasteiger partial charge in [-0.25, -0.2) is 18.3 Å². The Morgan fingerprint density at radius 3 is 2.63 bits per heavy atom. The molecule has 1 amide bonds. The standard InChI is InChI=1S/C20H21F2IN6O/c1-11-6-13(7-12(2)26-11)19(30)28-5-3-4-14(17(28)9-23)16-8-15(18(21)22)27-20-24-10-25-29(16)20/h6-8,10,14,17-18H,3-5,9H2,1-2H3/t14?,17-/m1/s1. The van der Waals surface area contributed by atoms with E-state index in [1.807, 2.05) is 18.7 Å². The third kappa shape index (κ3) is 3.88. The molecular weight excluding hydrogens is 505 g/mol. The van der Waals surface area contributed by atoms with Crippen LogP contribution < -0.4 is 0 Å². The number of amides is 1. The minimum atomic E-state index is -2.70. The number of fused-ring (bicyclic) bond motifs is 1. The van der Waals surface area contributed by atoms with E-state index in [1.165, 1.54) is 16.9 Å². The fraction of sp³-hybridized carbons (Fsp3) is 0.450. The summed E-state index contributed by atoms with van der Waals surface area (Å²) in [6, 6.07) is 4.84. The predicted octanol–water partition coefficient (Wildman–Crippen LogP) is 3.90. The smallest absolute Gasteiger partial charge is 0.280 e. The van der Waals surface area contributed by atoms with Crippen molar-refractivity contribution in [3.05, 3.63) is 52.9 Å². The zero-order valence-corrected chi connectivity index (χ0v) is 18.8. The average Bonchev–Trinajstić information content (AvgIpc) is 3.20. The van der Waals surface area contributed by atoms with Gasteiger partial charge >= 0.3 is 0 Å². The van der Waals surface area contributed by atoms with E-state index in [2.05, 4.69) is 42.6 Å². The van der Waals surface area contributed by atoms with Crippen molar-refractivity contribution in [2.75, 3.05) is 11.0 Å². The Bertz CT molecular complexity index is 1070. The van der Waals surface area contributed by atoms with Crippen molar-refractivity contribution >= 4 is 34.3 Å². The molecule has 3 aromatic rings. The highest BCUT2D eigenvalue weighted by Gasteiger charge is 2.37. The number of alkyl halides is 3. The molecule has 0 aromatic carbocycles. The highest BCUT2D eigenvalue weighted by atomic mass is 127. The maximum Gasteiger partial charge on any atom is 0.280 e. The van der Waals surface area contributed by atoms with Crippen LogP contribution in [0.5, 0.6) is 0 Å². The third-order valence-corrected chi connectivity index (χ3v) is 6.33. The van der Waals surface area contributed by atoms with Crippen molar-refractivity contribution in [1.82, 2.24) is 29.5 Å². The van der Waals surface area contributed by atoms with E-state index in [0.29, 0.717) is 22.2 Å². The first-order chi connectivity index (χ1) is 14.4. The Morgan fingerprint density at radius 2 is 1.97 bits per heavy atom. The molecule has 158 valence electrons. The number of likely N-dealkylation sites (tertiary alicyclic amines) is 1. The van der Waals surface area contributed by atoms with Gasteiger partial charge in [0.05, 0.1) is 5.69 Å². The molecule has 0 N–H and O–H groups in total. The summed E-state index contributed by atoms with van der Waals surface area (Å²) in [5.74, 6) is -0.0555. The van der Waals surface area contributed by atoms with E-state index in [9.17, 15) is 13.6 Å². The number of rotatable bonds is 4. The monoisotopic (exact) mass is 526 g/mol. The molecule has 0 aliphatic carbocycles. The summed E-state index contributed by atoms with van der Waals surface area (Å²) >= 11 is 2.26. The lowest BCUT2D eigenvalue weighted by Crippen LogP contribution is -2.49. The fourth-order valence-corrected chi connectivity index (χ4v) is 5.29. The maximum atomic E-state index is 13.4. The molecule has 0 bridgehead atoms. The van der Waals surface area contributed by atoms with Gasteiger partial charge in [-0.05, 0) is 44.9 Å². The maximum absolute atomic E-state index is 13.4. The number of hydrogen-bond donors (Lipinski definition) is 0. The second-order valence-corrected chi connectivity index (χ2v) is 8.37. The van der Waals surface area contributed by atoms with E-state index in [0.717, 1.165) is 24.2 Å². The van der Waals surface area contributed by atoms with E-state index in [1.54, 1.807) is 12.1 Å². The zero-order chi connectivity index (χ0) is 21.4. The van der Waals surface area contributed by atoms with Gasteiger partial charge < -0.3 is 4.90 Å². The van der Waals surface area contributed by atoms with E-state index >= 15 is 0 Å². The molecule has 10 heteroatoms. The van der Waals surface area contributed by atoms with Crippen molar-refractivity contribution in [1.29, 1.82) is 0 Å². The van der Waals surface area contributed by atoms with Crippen LogP contribution in [-0.4, -0.2) is 52.4 Å². The molecule has 1 fully saturated rings. The highest BCUT2D eigenvalue weighted by Crippen LogP contribution is 2.35. The zero-order valence-electron chi connectivity index (χ0n) is 16.6. The molecule has 4 heterocycles. The number of aromatic nitrogens is 5. The summed E-state index contributed by atoms with van der Waals surface area (Å²) in [5, 5.41) is 4.20. The average molecular weight is 526 g/mol. The van der Waals surface area contributed by atoms with E-state index < -0.39 is 6.43 Å². The molecule has 0 radical (unpaired) electrons. The van der Waals surface area contributed by atoms with Crippen molar-refractivity contribution in [3.63, 3.8) is 0 Å². The molecule has 30 heavy (non-hydrogen) atoms. The van der Waals surface area contributed by atoms with Crippen LogP contribution >= 0.6 is 22.6 Å². The number of carbonyl (C=O) groups excluding carboxylic acids is 1. The van der Waals surface area contributed by atoms with Gasteiger partial charge in [-0.3, -0.25) is 9.78 Å². The van der Waals surface area contributed by atoms with Crippen molar-refractivity contribution < 1.29 is 13.6 Å². The van der Waals surface area contributed by atoms with E-state index in [4.69, 9.17) is 0 Å². The molecule has 4 rings (SSSR count). The van der Waals surface area contributed by atoms with Gasteiger partial charge in [-0.1, -0.05) is 22.6 Å². The molecule has 1 aliphatic heterocycles. The van der Waals surface area contributed by atoms with Gasteiger partial charge in [0.2, 0.25) is 0 Å². The Labute approximate surface area is 186 Å². The largest absolute Gasteiger partial charge is 0.334 e. The number of carbonyl (C=O) groups is 1. The first-order valence-electron chi connectivity index (χ1n) is 9.70. The number of pyridine rings is 1. The van der Waals surface area contributed by atoms with Gasteiger partial charge in [0.1, 0.15) is 12.0 Å². The Hall–Kier alpha value is -2.24. The quantitative estimate of drug-likeness (QED) is 0.381. The van der Waals surface area contributed by atoms with Gasteiger partial charge in [0.15, 0.2) is 0 Å². The Kier molecular flexibility index (Phi) is 5.94. The summed E-state index contributed by atoms with van der Waals surface area (Å²) < 4.78 is 29.1. The number of nitrogens with zero attached hydrogens (tertiary/aromatic N) is 6. The normalized spacial score (nSPS) is 19.6. The van der Waals surface area contributed by atoms with Crippen LogP contribution in [0.3, 0.4) is 0 Å². The molecule has 0 spiro atoms. The van der Waals surface area contributed by atoms with Crippen molar-refractivity contribution in [3.8, 4) is 0 Å². The van der Waals surface area contributed by atoms with Gasteiger partial charge in [-0.15, -0.1) is 0 Å². The first kappa shape index (κ1) is 21.0. The summed E-state index contributed by atoms with van der Waals surface area (Å²) in [4.78, 5) is 27.5. The Morgan fingerprint density at radius 1 is 1.23 bits per heavy atom. The molecule has 1 aliphatic rings. The highest BCUT2D eigenvalue weighted by molar-refractivity contribution is 14.1. The first-order valence-corrected chi connectivity index (χ1v) is 11.2. The second-order valence-electron chi connectivity index (χ2n) is 7.49. The summed E-state index contributed by atoms with van der Waals surface area (Å²) in [6.45, 7) is 4.35. The van der Waals surface area contributed by atoms with Gasteiger partial charge in [0, 0.05) is 39.9 Å². The molecule has 2 atom stereocenters. The predicted molar refractivity (Wildman–Crippen MR) is 115 cm³/mol. The Balaban J connectivity index is 1.74. The van der Waals surface area contributed by atoms with Gasteiger partial charge in [-0.2, -0.15) is 10.1 Å². The lowest BCUT2D eigenvalue weighted by Gasteiger charge is -2.41. The summed E-state index contributed by atoms with van der Waals surface area (Å²) in [6.07, 6.45) is 0.157. The molecule has 3 aromatic heterocycles. The second kappa shape index (κ2) is 8.48. The topological polar surface area (TPSA) is 76.3 Å². The van der Waals surface area contributed by atoms with Crippen LogP contribution in [-0.2, 0) is 0 Å². The number of piperidine rings is 1. The number of aryl methyl sites for hydroxylation is 2. The molecular formula is C20H21F2IN6O. The molecule has 1 unspecified atom stereocenters. The van der Waals surface area contributed by atoms with Crippen LogP contribution in [0.4, 0.5) is 8.78 Å². The number of halogens is 3. The van der Waals surface area contributed by atoms with Crippen LogP contribution in [0.15, 0.2) is 24.5 Å². The molecule has 7 nitrogen and oxygen atoms in total. The minimum Gasteiger partial charge on any atom is -0.334 e. The summed E-state index contributed by atoms with van der Waals surface area (Å²) in [7, 11) is 0. The van der Waals surface area contributed by atoms with Crippen molar-refractivity contribution in [2.24, 2.45) is 0 Å². The van der Waals surface area contributed by atoms with Crippen LogP contribution in [0.25, 0.3) is 5.78 Å². The minimum absolute atomic E-state index is 0.0621. The fourth-order valence-electron chi connectivity index (χ4n) is 4.20.